The van der Waals surface area contributed by atoms with Gasteiger partial charge in [0.15, 0.2) is 0 Å². The van der Waals surface area contributed by atoms with Gasteiger partial charge >= 0.3 is 0 Å². The van der Waals surface area contributed by atoms with Gasteiger partial charge in [0.2, 0.25) is 0 Å². The number of fused-ring (bicyclic) bond motifs is 2. The first-order valence-electron chi connectivity index (χ1n) is 9.78. The predicted octanol–water partition coefficient (Wildman–Crippen LogP) is 3.12. The molecule has 2 bridgehead atoms. The second-order valence-electron chi connectivity index (χ2n) is 9.96. The van der Waals surface area contributed by atoms with Crippen molar-refractivity contribution in [2.45, 2.75) is 77.2 Å². The maximum Gasteiger partial charge on any atom is 0.0905 e. The maximum absolute atomic E-state index is 10.8. The Hall–Kier alpha value is -0.120. The van der Waals surface area contributed by atoms with Crippen LogP contribution in [0.3, 0.4) is 0 Å². The molecule has 3 nitrogen and oxygen atoms in total. The van der Waals surface area contributed by atoms with Crippen LogP contribution in [0, 0.1) is 34.0 Å². The smallest absolute Gasteiger partial charge is 0.0905 e. The van der Waals surface area contributed by atoms with Crippen LogP contribution in [-0.2, 0) is 0 Å². The SMILES string of the molecule is C[C@]1(CO)CCC[C@@]2(C)C1CC[C@H]1C[C@H]3C[C@]12CC[C@@]3(O)CO. The molecule has 132 valence electrons. The average Bonchev–Trinajstić information content (AvgIpc) is 2.89. The first kappa shape index (κ1) is 16.4. The van der Waals surface area contributed by atoms with E-state index in [1.807, 2.05) is 0 Å². The molecule has 0 aromatic rings. The number of hydrogen-bond acceptors (Lipinski definition) is 3. The van der Waals surface area contributed by atoms with Crippen LogP contribution in [0.15, 0.2) is 0 Å². The third-order valence-corrected chi connectivity index (χ3v) is 9.36. The Bertz CT molecular complexity index is 493. The first-order valence-corrected chi connectivity index (χ1v) is 9.78. The van der Waals surface area contributed by atoms with E-state index in [0.717, 1.165) is 38.0 Å². The third kappa shape index (κ3) is 1.88. The van der Waals surface area contributed by atoms with E-state index in [2.05, 4.69) is 13.8 Å². The Morgan fingerprint density at radius 2 is 1.70 bits per heavy atom. The molecule has 3 N–H and O–H groups in total. The Morgan fingerprint density at radius 3 is 2.39 bits per heavy atom. The highest BCUT2D eigenvalue weighted by atomic mass is 16.3. The van der Waals surface area contributed by atoms with E-state index >= 15 is 0 Å². The van der Waals surface area contributed by atoms with Gasteiger partial charge < -0.3 is 15.3 Å². The summed E-state index contributed by atoms with van der Waals surface area (Å²) < 4.78 is 0. The largest absolute Gasteiger partial charge is 0.396 e. The highest BCUT2D eigenvalue weighted by molar-refractivity contribution is 5.18. The van der Waals surface area contributed by atoms with Crippen molar-refractivity contribution in [3.63, 3.8) is 0 Å². The Morgan fingerprint density at radius 1 is 0.913 bits per heavy atom. The molecular formula is C20H34O3. The van der Waals surface area contributed by atoms with Crippen LogP contribution in [0.4, 0.5) is 0 Å². The van der Waals surface area contributed by atoms with Gasteiger partial charge in [-0.05, 0) is 85.4 Å². The van der Waals surface area contributed by atoms with Gasteiger partial charge in [-0.1, -0.05) is 20.3 Å². The van der Waals surface area contributed by atoms with Crippen LogP contribution < -0.4 is 0 Å². The van der Waals surface area contributed by atoms with Gasteiger partial charge in [0.25, 0.3) is 0 Å². The first-order chi connectivity index (χ1) is 10.8. The molecule has 4 fully saturated rings. The van der Waals surface area contributed by atoms with Gasteiger partial charge in [0.1, 0.15) is 0 Å². The molecular weight excluding hydrogens is 288 g/mol. The fourth-order valence-electron chi connectivity index (χ4n) is 8.00. The molecule has 4 saturated carbocycles. The van der Waals surface area contributed by atoms with E-state index in [4.69, 9.17) is 0 Å². The predicted molar refractivity (Wildman–Crippen MR) is 89.8 cm³/mol. The van der Waals surface area contributed by atoms with Crippen molar-refractivity contribution < 1.29 is 15.3 Å². The van der Waals surface area contributed by atoms with E-state index < -0.39 is 5.60 Å². The quantitative estimate of drug-likeness (QED) is 0.732. The lowest BCUT2D eigenvalue weighted by molar-refractivity contribution is -0.187. The summed E-state index contributed by atoms with van der Waals surface area (Å²) >= 11 is 0. The summed E-state index contributed by atoms with van der Waals surface area (Å²) in [5.74, 6) is 1.61. The molecule has 0 heterocycles. The molecule has 0 amide bonds. The van der Waals surface area contributed by atoms with E-state index in [9.17, 15) is 15.3 Å². The van der Waals surface area contributed by atoms with Crippen molar-refractivity contribution in [1.82, 2.24) is 0 Å². The van der Waals surface area contributed by atoms with E-state index in [1.165, 1.54) is 25.7 Å². The van der Waals surface area contributed by atoms with Gasteiger partial charge in [0.05, 0.1) is 12.2 Å². The van der Waals surface area contributed by atoms with Gasteiger partial charge in [-0.3, -0.25) is 0 Å². The summed E-state index contributed by atoms with van der Waals surface area (Å²) in [6.45, 7) is 5.07. The molecule has 0 saturated heterocycles. The zero-order valence-electron chi connectivity index (χ0n) is 14.9. The fraction of sp³-hybridized carbons (Fsp3) is 1.00. The van der Waals surface area contributed by atoms with Crippen LogP contribution >= 0.6 is 0 Å². The number of aliphatic hydroxyl groups is 3. The fourth-order valence-corrected chi connectivity index (χ4v) is 8.00. The standard InChI is InChI=1S/C20H34O3/c1-17(12-21)6-3-7-18(2)16(17)5-4-14-10-15-11-19(14,18)8-9-20(15,23)13-22/h14-16,21-23H,3-13H2,1-2H3/t14-,15-,16?,17+,18-,19+,20+/m0/s1. The second kappa shape index (κ2) is 4.95. The Labute approximate surface area is 140 Å². The molecule has 1 unspecified atom stereocenters. The molecule has 0 aliphatic heterocycles. The monoisotopic (exact) mass is 322 g/mol. The molecule has 4 rings (SSSR count). The van der Waals surface area contributed by atoms with Crippen molar-refractivity contribution in [2.75, 3.05) is 13.2 Å². The Kier molecular flexibility index (Phi) is 3.52. The molecule has 23 heavy (non-hydrogen) atoms. The third-order valence-electron chi connectivity index (χ3n) is 9.36. The van der Waals surface area contributed by atoms with Gasteiger partial charge in [0, 0.05) is 6.61 Å². The highest BCUT2D eigenvalue weighted by Crippen LogP contribution is 2.75. The van der Waals surface area contributed by atoms with Crippen molar-refractivity contribution >= 4 is 0 Å². The molecule has 1 spiro atoms. The summed E-state index contributed by atoms with van der Waals surface area (Å²) in [4.78, 5) is 0. The number of hydrogen-bond donors (Lipinski definition) is 3. The zero-order valence-corrected chi connectivity index (χ0v) is 14.9. The minimum absolute atomic E-state index is 0.0744. The summed E-state index contributed by atoms with van der Waals surface area (Å²) in [6.07, 6.45) is 10.2. The van der Waals surface area contributed by atoms with Gasteiger partial charge in [-0.2, -0.15) is 0 Å². The van der Waals surface area contributed by atoms with Crippen LogP contribution in [0.1, 0.15) is 71.6 Å². The van der Waals surface area contributed by atoms with E-state index in [-0.39, 0.29) is 17.9 Å². The summed E-state index contributed by atoms with van der Waals surface area (Å²) in [5, 5.41) is 30.7. The van der Waals surface area contributed by atoms with Gasteiger partial charge in [-0.25, -0.2) is 0 Å². The number of rotatable bonds is 2. The van der Waals surface area contributed by atoms with Crippen LogP contribution in [0.5, 0.6) is 0 Å². The minimum Gasteiger partial charge on any atom is -0.396 e. The molecule has 4 aliphatic rings. The van der Waals surface area contributed by atoms with Crippen LogP contribution in [0.25, 0.3) is 0 Å². The summed E-state index contributed by atoms with van der Waals surface area (Å²) in [7, 11) is 0. The normalized spacial score (nSPS) is 58.6. The lowest BCUT2D eigenvalue weighted by atomic mass is 9.39. The van der Waals surface area contributed by atoms with E-state index in [1.54, 1.807) is 0 Å². The van der Waals surface area contributed by atoms with Crippen molar-refractivity contribution in [1.29, 1.82) is 0 Å². The lowest BCUT2D eigenvalue weighted by Gasteiger charge is -2.65. The molecule has 0 aromatic carbocycles. The molecule has 0 aromatic heterocycles. The number of aliphatic hydroxyl groups excluding tert-OH is 2. The average molecular weight is 322 g/mol. The molecule has 7 atom stereocenters. The molecule has 3 heteroatoms. The second-order valence-corrected chi connectivity index (χ2v) is 9.96. The highest BCUT2D eigenvalue weighted by Gasteiger charge is 2.69. The Balaban J connectivity index is 1.74. The minimum atomic E-state index is -0.830. The van der Waals surface area contributed by atoms with E-state index in [0.29, 0.717) is 23.4 Å². The molecule has 0 radical (unpaired) electrons. The van der Waals surface area contributed by atoms with Crippen molar-refractivity contribution in [3.05, 3.63) is 0 Å². The maximum atomic E-state index is 10.8. The van der Waals surface area contributed by atoms with Crippen molar-refractivity contribution in [3.8, 4) is 0 Å². The van der Waals surface area contributed by atoms with Crippen LogP contribution in [-0.4, -0.2) is 34.1 Å². The lowest BCUT2D eigenvalue weighted by Crippen LogP contribution is -2.60. The van der Waals surface area contributed by atoms with Gasteiger partial charge in [-0.15, -0.1) is 0 Å². The summed E-state index contributed by atoms with van der Waals surface area (Å²) in [6, 6.07) is 0. The van der Waals surface area contributed by atoms with Crippen molar-refractivity contribution in [2.24, 2.45) is 34.0 Å². The summed E-state index contributed by atoms with van der Waals surface area (Å²) in [5.41, 5.74) is -0.102. The zero-order chi connectivity index (χ0) is 16.5. The topological polar surface area (TPSA) is 60.7 Å². The van der Waals surface area contributed by atoms with Crippen LogP contribution in [0.2, 0.25) is 0 Å². The molecule has 4 aliphatic carbocycles.